The first-order valence-corrected chi connectivity index (χ1v) is 8.56. The monoisotopic (exact) mass is 251 g/mol. The minimum absolute atomic E-state index is 0.841. The van der Waals surface area contributed by atoms with Crippen LogP contribution in [0.3, 0.4) is 0 Å². The molecule has 0 amide bonds. The molecular formula is C17H33N. The molecule has 1 unspecified atom stereocenters. The summed E-state index contributed by atoms with van der Waals surface area (Å²) in [6.45, 7) is 5.89. The summed E-state index contributed by atoms with van der Waals surface area (Å²) in [6.07, 6.45) is 14.7. The smallest absolute Gasteiger partial charge is 0.00979 e. The van der Waals surface area contributed by atoms with Gasteiger partial charge in [-0.2, -0.15) is 0 Å². The lowest BCUT2D eigenvalue weighted by atomic mass is 9.72. The lowest BCUT2D eigenvalue weighted by Gasteiger charge is -2.38. The molecule has 0 radical (unpaired) electrons. The van der Waals surface area contributed by atoms with Gasteiger partial charge in [0.15, 0.2) is 0 Å². The second-order valence-electron chi connectivity index (χ2n) is 6.78. The van der Waals surface area contributed by atoms with Crippen molar-refractivity contribution in [2.45, 2.75) is 84.1 Å². The predicted octanol–water partition coefficient (Wildman–Crippen LogP) is 4.76. The van der Waals surface area contributed by atoms with Gasteiger partial charge in [0.25, 0.3) is 0 Å². The van der Waals surface area contributed by atoms with Gasteiger partial charge in [0.1, 0.15) is 0 Å². The van der Waals surface area contributed by atoms with Crippen LogP contribution >= 0.6 is 0 Å². The van der Waals surface area contributed by atoms with Crippen molar-refractivity contribution in [2.24, 2.45) is 17.8 Å². The Morgan fingerprint density at radius 1 is 0.944 bits per heavy atom. The summed E-state index contributed by atoms with van der Waals surface area (Å²) in [4.78, 5) is 0. The normalized spacial score (nSPS) is 31.0. The molecule has 1 heteroatoms. The molecule has 0 aliphatic heterocycles. The molecule has 1 nitrogen and oxygen atoms in total. The highest BCUT2D eigenvalue weighted by molar-refractivity contribution is 4.85. The van der Waals surface area contributed by atoms with Crippen molar-refractivity contribution in [1.29, 1.82) is 0 Å². The largest absolute Gasteiger partial charge is 0.314 e. The Balaban J connectivity index is 1.78. The fraction of sp³-hybridized carbons (Fsp3) is 1.00. The van der Waals surface area contributed by atoms with E-state index < -0.39 is 0 Å². The van der Waals surface area contributed by atoms with E-state index in [1.807, 2.05) is 0 Å². The molecule has 0 bridgehead atoms. The van der Waals surface area contributed by atoms with Crippen molar-refractivity contribution < 1.29 is 0 Å². The van der Waals surface area contributed by atoms with Gasteiger partial charge in [-0.25, -0.2) is 0 Å². The van der Waals surface area contributed by atoms with Crippen molar-refractivity contribution in [3.8, 4) is 0 Å². The van der Waals surface area contributed by atoms with E-state index in [1.165, 1.54) is 70.8 Å². The Morgan fingerprint density at radius 3 is 2.17 bits per heavy atom. The van der Waals surface area contributed by atoms with Crippen LogP contribution in [0.2, 0.25) is 0 Å². The zero-order valence-electron chi connectivity index (χ0n) is 12.6. The number of nitrogens with one attached hydrogen (secondary N) is 1. The van der Waals surface area contributed by atoms with Crippen molar-refractivity contribution in [1.82, 2.24) is 5.32 Å². The maximum atomic E-state index is 3.87. The van der Waals surface area contributed by atoms with Crippen LogP contribution in [0.4, 0.5) is 0 Å². The van der Waals surface area contributed by atoms with Crippen LogP contribution < -0.4 is 5.32 Å². The standard InChI is InChI=1S/C17H33N/c1-3-12-18-17(13-15-6-5-7-15)16-10-8-14(4-2)9-11-16/h14-18H,3-13H2,1-2H3. The number of rotatable bonds is 7. The average molecular weight is 251 g/mol. The summed E-state index contributed by atoms with van der Waals surface area (Å²) in [5.74, 6) is 3.08. The van der Waals surface area contributed by atoms with Crippen molar-refractivity contribution in [3.05, 3.63) is 0 Å². The molecule has 2 rings (SSSR count). The molecule has 1 atom stereocenters. The third kappa shape index (κ3) is 3.98. The predicted molar refractivity (Wildman–Crippen MR) is 79.8 cm³/mol. The van der Waals surface area contributed by atoms with Gasteiger partial charge in [0.05, 0.1) is 0 Å². The van der Waals surface area contributed by atoms with Gasteiger partial charge >= 0.3 is 0 Å². The Bertz CT molecular complexity index is 214. The second-order valence-corrected chi connectivity index (χ2v) is 6.78. The summed E-state index contributed by atoms with van der Waals surface area (Å²) in [5.41, 5.74) is 0. The van der Waals surface area contributed by atoms with Gasteiger partial charge in [-0.1, -0.05) is 52.4 Å². The molecule has 0 aromatic rings. The van der Waals surface area contributed by atoms with Crippen LogP contribution in [0.5, 0.6) is 0 Å². The third-order valence-electron chi connectivity index (χ3n) is 5.51. The highest BCUT2D eigenvalue weighted by Crippen LogP contribution is 2.37. The SMILES string of the molecule is CCCNC(CC1CCC1)C1CCC(CC)CC1. The first-order valence-electron chi connectivity index (χ1n) is 8.56. The lowest BCUT2D eigenvalue weighted by molar-refractivity contribution is 0.171. The third-order valence-corrected chi connectivity index (χ3v) is 5.51. The van der Waals surface area contributed by atoms with Crippen molar-refractivity contribution in [3.63, 3.8) is 0 Å². The zero-order chi connectivity index (χ0) is 12.8. The molecule has 2 aliphatic carbocycles. The second kappa shape index (κ2) is 7.53. The first kappa shape index (κ1) is 14.4. The lowest BCUT2D eigenvalue weighted by Crippen LogP contribution is -2.40. The fourth-order valence-electron chi connectivity index (χ4n) is 3.86. The molecule has 2 saturated carbocycles. The quantitative estimate of drug-likeness (QED) is 0.688. The molecule has 0 aromatic carbocycles. The van der Waals surface area contributed by atoms with Gasteiger partial charge in [0.2, 0.25) is 0 Å². The fourth-order valence-corrected chi connectivity index (χ4v) is 3.86. The van der Waals surface area contributed by atoms with Gasteiger partial charge < -0.3 is 5.32 Å². The average Bonchev–Trinajstić information content (AvgIpc) is 2.37. The maximum absolute atomic E-state index is 3.87. The summed E-state index contributed by atoms with van der Waals surface area (Å²) in [6, 6.07) is 0.841. The summed E-state index contributed by atoms with van der Waals surface area (Å²) < 4.78 is 0. The molecule has 2 aliphatic rings. The molecular weight excluding hydrogens is 218 g/mol. The molecule has 0 aromatic heterocycles. The van der Waals surface area contributed by atoms with E-state index in [0.717, 1.165) is 23.8 Å². The van der Waals surface area contributed by atoms with Gasteiger partial charge in [-0.05, 0) is 50.0 Å². The Hall–Kier alpha value is -0.0400. The topological polar surface area (TPSA) is 12.0 Å². The van der Waals surface area contributed by atoms with Crippen LogP contribution in [0.15, 0.2) is 0 Å². The summed E-state index contributed by atoms with van der Waals surface area (Å²) in [5, 5.41) is 3.87. The molecule has 0 spiro atoms. The highest BCUT2D eigenvalue weighted by atomic mass is 14.9. The van der Waals surface area contributed by atoms with E-state index in [4.69, 9.17) is 0 Å². The van der Waals surface area contributed by atoms with E-state index in [2.05, 4.69) is 19.2 Å². The van der Waals surface area contributed by atoms with Crippen molar-refractivity contribution >= 4 is 0 Å². The van der Waals surface area contributed by atoms with Crippen LogP contribution in [-0.4, -0.2) is 12.6 Å². The number of hydrogen-bond donors (Lipinski definition) is 1. The first-order chi connectivity index (χ1) is 8.83. The molecule has 106 valence electrons. The Labute approximate surface area is 114 Å². The zero-order valence-corrected chi connectivity index (χ0v) is 12.6. The van der Waals surface area contributed by atoms with E-state index >= 15 is 0 Å². The number of hydrogen-bond acceptors (Lipinski definition) is 1. The van der Waals surface area contributed by atoms with Crippen LogP contribution in [0.25, 0.3) is 0 Å². The van der Waals surface area contributed by atoms with Gasteiger partial charge in [0, 0.05) is 6.04 Å². The van der Waals surface area contributed by atoms with E-state index in [1.54, 1.807) is 0 Å². The van der Waals surface area contributed by atoms with Crippen LogP contribution in [-0.2, 0) is 0 Å². The molecule has 1 N–H and O–H groups in total. The molecule has 0 saturated heterocycles. The van der Waals surface area contributed by atoms with Crippen LogP contribution in [0, 0.1) is 17.8 Å². The van der Waals surface area contributed by atoms with Crippen LogP contribution in [0.1, 0.15) is 78.1 Å². The van der Waals surface area contributed by atoms with E-state index in [-0.39, 0.29) is 0 Å². The maximum Gasteiger partial charge on any atom is 0.00979 e. The molecule has 0 heterocycles. The Morgan fingerprint density at radius 2 is 1.67 bits per heavy atom. The highest BCUT2D eigenvalue weighted by Gasteiger charge is 2.30. The molecule has 18 heavy (non-hydrogen) atoms. The van der Waals surface area contributed by atoms with Gasteiger partial charge in [-0.15, -0.1) is 0 Å². The van der Waals surface area contributed by atoms with E-state index in [0.29, 0.717) is 0 Å². The summed E-state index contributed by atoms with van der Waals surface area (Å²) in [7, 11) is 0. The van der Waals surface area contributed by atoms with E-state index in [9.17, 15) is 0 Å². The molecule has 2 fully saturated rings. The summed E-state index contributed by atoms with van der Waals surface area (Å²) >= 11 is 0. The van der Waals surface area contributed by atoms with Crippen molar-refractivity contribution in [2.75, 3.05) is 6.54 Å². The van der Waals surface area contributed by atoms with Gasteiger partial charge in [-0.3, -0.25) is 0 Å². The minimum atomic E-state index is 0.841. The Kier molecular flexibility index (Phi) is 6.01. The minimum Gasteiger partial charge on any atom is -0.314 e.